The van der Waals surface area contributed by atoms with Gasteiger partial charge < -0.3 is 11.1 Å². The number of carbonyl (C=O) groups is 1. The summed E-state index contributed by atoms with van der Waals surface area (Å²) in [5.41, 5.74) is 6.78. The Morgan fingerprint density at radius 3 is 2.55 bits per heavy atom. The molecular formula is C15H14F2N2O. The lowest BCUT2D eigenvalue weighted by atomic mass is 10.1. The number of aryl methyl sites for hydroxylation is 1. The average Bonchev–Trinajstić information content (AvgIpc) is 2.43. The highest BCUT2D eigenvalue weighted by molar-refractivity contribution is 6.04. The normalized spacial score (nSPS) is 10.4. The quantitative estimate of drug-likeness (QED) is 0.905. The molecule has 3 N–H and O–H groups in total. The van der Waals surface area contributed by atoms with Crippen molar-refractivity contribution in [3.63, 3.8) is 0 Å². The van der Waals surface area contributed by atoms with E-state index in [1.807, 2.05) is 0 Å². The molecule has 0 fully saturated rings. The molecule has 2 rings (SSSR count). The van der Waals surface area contributed by atoms with Gasteiger partial charge in [0.25, 0.3) is 5.91 Å². The van der Waals surface area contributed by atoms with E-state index in [0.717, 1.165) is 6.07 Å². The van der Waals surface area contributed by atoms with E-state index in [9.17, 15) is 13.6 Å². The van der Waals surface area contributed by atoms with E-state index in [2.05, 4.69) is 5.32 Å². The molecular weight excluding hydrogens is 262 g/mol. The van der Waals surface area contributed by atoms with Crippen LogP contribution in [0.3, 0.4) is 0 Å². The molecule has 0 spiro atoms. The van der Waals surface area contributed by atoms with E-state index >= 15 is 0 Å². The second-order valence-corrected chi connectivity index (χ2v) is 4.43. The van der Waals surface area contributed by atoms with Gasteiger partial charge in [-0.05, 0) is 42.8 Å². The standard InChI is InChI=1S/C15H14F2N2O/c1-9-2-3-10(7-14(9)17)15(20)19-12-4-5-13(16)11(6-12)8-18/h2-7H,8,18H2,1H3,(H,19,20). The van der Waals surface area contributed by atoms with E-state index in [0.29, 0.717) is 16.8 Å². The molecule has 3 nitrogen and oxygen atoms in total. The minimum absolute atomic E-state index is 0.0364. The van der Waals surface area contributed by atoms with E-state index in [4.69, 9.17) is 5.73 Å². The first-order valence-corrected chi connectivity index (χ1v) is 6.07. The largest absolute Gasteiger partial charge is 0.326 e. The van der Waals surface area contributed by atoms with Gasteiger partial charge in [-0.3, -0.25) is 4.79 Å². The third-order valence-electron chi connectivity index (χ3n) is 2.96. The zero-order valence-electron chi connectivity index (χ0n) is 10.9. The van der Waals surface area contributed by atoms with Crippen molar-refractivity contribution in [2.45, 2.75) is 13.5 Å². The third-order valence-corrected chi connectivity index (χ3v) is 2.96. The van der Waals surface area contributed by atoms with Crippen LogP contribution in [-0.2, 0) is 6.54 Å². The molecule has 1 amide bonds. The number of nitrogens with two attached hydrogens (primary N) is 1. The molecule has 0 aliphatic carbocycles. The smallest absolute Gasteiger partial charge is 0.255 e. The highest BCUT2D eigenvalue weighted by atomic mass is 19.1. The number of rotatable bonds is 3. The van der Waals surface area contributed by atoms with Gasteiger partial charge in [-0.25, -0.2) is 8.78 Å². The minimum atomic E-state index is -0.460. The van der Waals surface area contributed by atoms with Crippen LogP contribution >= 0.6 is 0 Å². The highest BCUT2D eigenvalue weighted by Gasteiger charge is 2.09. The number of benzene rings is 2. The number of anilines is 1. The van der Waals surface area contributed by atoms with Gasteiger partial charge in [-0.1, -0.05) is 6.07 Å². The van der Waals surface area contributed by atoms with Crippen LogP contribution < -0.4 is 11.1 Å². The molecule has 0 saturated carbocycles. The molecule has 20 heavy (non-hydrogen) atoms. The fraction of sp³-hybridized carbons (Fsp3) is 0.133. The van der Waals surface area contributed by atoms with E-state index < -0.39 is 17.5 Å². The Morgan fingerprint density at radius 1 is 1.15 bits per heavy atom. The van der Waals surface area contributed by atoms with Crippen LogP contribution in [0.4, 0.5) is 14.5 Å². The molecule has 0 bridgehead atoms. The molecule has 2 aromatic carbocycles. The van der Waals surface area contributed by atoms with Gasteiger partial charge in [0.2, 0.25) is 0 Å². The average molecular weight is 276 g/mol. The number of nitrogens with one attached hydrogen (secondary N) is 1. The van der Waals surface area contributed by atoms with E-state index in [-0.39, 0.29) is 12.1 Å². The first-order chi connectivity index (χ1) is 9.51. The topological polar surface area (TPSA) is 55.1 Å². The Kier molecular flexibility index (Phi) is 4.10. The van der Waals surface area contributed by atoms with Crippen LogP contribution in [0.25, 0.3) is 0 Å². The van der Waals surface area contributed by atoms with Gasteiger partial charge in [0.1, 0.15) is 11.6 Å². The second-order valence-electron chi connectivity index (χ2n) is 4.43. The number of halogens is 2. The summed E-state index contributed by atoms with van der Waals surface area (Å²) in [7, 11) is 0. The van der Waals surface area contributed by atoms with Crippen LogP contribution in [0.15, 0.2) is 36.4 Å². The summed E-state index contributed by atoms with van der Waals surface area (Å²) in [6.07, 6.45) is 0. The molecule has 0 radical (unpaired) electrons. The van der Waals surface area contributed by atoms with Gasteiger partial charge in [0, 0.05) is 23.4 Å². The summed E-state index contributed by atoms with van der Waals surface area (Å²) >= 11 is 0. The summed E-state index contributed by atoms with van der Waals surface area (Å²) in [6, 6.07) is 8.33. The Bertz CT molecular complexity index is 656. The van der Waals surface area contributed by atoms with Crippen LogP contribution in [0.2, 0.25) is 0 Å². The van der Waals surface area contributed by atoms with Crippen LogP contribution in [-0.4, -0.2) is 5.91 Å². The summed E-state index contributed by atoms with van der Waals surface area (Å²) in [5.74, 6) is -1.33. The molecule has 2 aromatic rings. The number of amides is 1. The number of hydrogen-bond donors (Lipinski definition) is 2. The zero-order chi connectivity index (χ0) is 14.7. The number of carbonyl (C=O) groups excluding carboxylic acids is 1. The summed E-state index contributed by atoms with van der Waals surface area (Å²) < 4.78 is 26.7. The van der Waals surface area contributed by atoms with Gasteiger partial charge in [0.05, 0.1) is 0 Å². The maximum absolute atomic E-state index is 13.4. The predicted octanol–water partition coefficient (Wildman–Crippen LogP) is 2.98. The maximum atomic E-state index is 13.4. The lowest BCUT2D eigenvalue weighted by molar-refractivity contribution is 0.102. The van der Waals surface area contributed by atoms with Crippen molar-refractivity contribution in [1.82, 2.24) is 0 Å². The molecule has 5 heteroatoms. The molecule has 0 aliphatic heterocycles. The van der Waals surface area contributed by atoms with E-state index in [1.54, 1.807) is 6.92 Å². The lowest BCUT2D eigenvalue weighted by Gasteiger charge is -2.08. The van der Waals surface area contributed by atoms with Crippen molar-refractivity contribution in [3.8, 4) is 0 Å². The van der Waals surface area contributed by atoms with Crippen molar-refractivity contribution in [2.24, 2.45) is 5.73 Å². The molecule has 104 valence electrons. The Hall–Kier alpha value is -2.27. The Labute approximate surface area is 115 Å². The van der Waals surface area contributed by atoms with Crippen molar-refractivity contribution in [1.29, 1.82) is 0 Å². The maximum Gasteiger partial charge on any atom is 0.255 e. The molecule has 0 saturated heterocycles. The first-order valence-electron chi connectivity index (χ1n) is 6.07. The lowest BCUT2D eigenvalue weighted by Crippen LogP contribution is -2.13. The van der Waals surface area contributed by atoms with E-state index in [1.165, 1.54) is 30.3 Å². The van der Waals surface area contributed by atoms with Crippen LogP contribution in [0.5, 0.6) is 0 Å². The molecule has 0 atom stereocenters. The Balaban J connectivity index is 2.21. The predicted molar refractivity (Wildman–Crippen MR) is 73.4 cm³/mol. The second kappa shape index (κ2) is 5.79. The zero-order valence-corrected chi connectivity index (χ0v) is 10.9. The summed E-state index contributed by atoms with van der Waals surface area (Å²) in [6.45, 7) is 1.65. The highest BCUT2D eigenvalue weighted by Crippen LogP contribution is 2.16. The first kappa shape index (κ1) is 14.1. The molecule has 0 heterocycles. The van der Waals surface area contributed by atoms with Crippen molar-refractivity contribution < 1.29 is 13.6 Å². The minimum Gasteiger partial charge on any atom is -0.326 e. The van der Waals surface area contributed by atoms with Crippen LogP contribution in [0, 0.1) is 18.6 Å². The van der Waals surface area contributed by atoms with Crippen molar-refractivity contribution in [2.75, 3.05) is 5.32 Å². The SMILES string of the molecule is Cc1ccc(C(=O)Nc2ccc(F)c(CN)c2)cc1F. The van der Waals surface area contributed by atoms with Crippen LogP contribution in [0.1, 0.15) is 21.5 Å². The molecule has 0 unspecified atom stereocenters. The van der Waals surface area contributed by atoms with Gasteiger partial charge in [-0.2, -0.15) is 0 Å². The van der Waals surface area contributed by atoms with Crippen molar-refractivity contribution >= 4 is 11.6 Å². The molecule has 0 aromatic heterocycles. The van der Waals surface area contributed by atoms with Gasteiger partial charge >= 0.3 is 0 Å². The number of hydrogen-bond acceptors (Lipinski definition) is 2. The molecule has 0 aliphatic rings. The third kappa shape index (κ3) is 3.00. The summed E-state index contributed by atoms with van der Waals surface area (Å²) in [5, 5.41) is 2.58. The monoisotopic (exact) mass is 276 g/mol. The van der Waals surface area contributed by atoms with Crippen molar-refractivity contribution in [3.05, 3.63) is 64.7 Å². The fourth-order valence-electron chi connectivity index (χ4n) is 1.75. The van der Waals surface area contributed by atoms with Gasteiger partial charge in [0.15, 0.2) is 0 Å². The Morgan fingerprint density at radius 2 is 1.90 bits per heavy atom. The van der Waals surface area contributed by atoms with Gasteiger partial charge in [-0.15, -0.1) is 0 Å². The fourth-order valence-corrected chi connectivity index (χ4v) is 1.75. The summed E-state index contributed by atoms with van der Waals surface area (Å²) in [4.78, 5) is 12.0.